The Bertz CT molecular complexity index is 734. The van der Waals surface area contributed by atoms with E-state index in [9.17, 15) is 9.00 Å². The molecule has 1 amide bonds. The number of amides is 1. The number of nitrogens with zero attached hydrogens (tertiary/aromatic N) is 4. The molecule has 1 heterocycles. The number of aromatic nitrogens is 4. The molecule has 2 aromatic rings. The summed E-state index contributed by atoms with van der Waals surface area (Å²) >= 11 is 0. The van der Waals surface area contributed by atoms with Gasteiger partial charge < -0.3 is 5.32 Å². The van der Waals surface area contributed by atoms with Crippen molar-refractivity contribution in [2.75, 3.05) is 5.75 Å². The van der Waals surface area contributed by atoms with Crippen LogP contribution in [0, 0.1) is 5.92 Å². The van der Waals surface area contributed by atoms with E-state index < -0.39 is 10.8 Å². The molecule has 25 heavy (non-hydrogen) atoms. The highest BCUT2D eigenvalue weighted by molar-refractivity contribution is 7.84. The number of rotatable bonds is 6. The lowest BCUT2D eigenvalue weighted by Gasteiger charge is -2.29. The minimum Gasteiger partial charge on any atom is -0.352 e. The molecule has 8 heteroatoms. The first-order valence-corrected chi connectivity index (χ1v) is 10.1. The van der Waals surface area contributed by atoms with Gasteiger partial charge in [-0.3, -0.25) is 9.00 Å². The fourth-order valence-electron chi connectivity index (χ4n) is 3.19. The van der Waals surface area contributed by atoms with Gasteiger partial charge in [-0.1, -0.05) is 38.0 Å². The van der Waals surface area contributed by atoms with Gasteiger partial charge >= 0.3 is 0 Å². The summed E-state index contributed by atoms with van der Waals surface area (Å²) in [7, 11) is -1.35. The standard InChI is InChI=1S/C17H23N5O2S/c1-13-7-5-6-10-15(13)18-17(23)12-25(24)11-16-19-20-21-22(16)14-8-3-2-4-9-14/h2-4,8-9,13,15H,5-7,10-12H2,1H3,(H,18,23)/t13-,15-,25+/m1/s1. The highest BCUT2D eigenvalue weighted by Crippen LogP contribution is 2.23. The van der Waals surface area contributed by atoms with E-state index in [1.165, 1.54) is 6.42 Å². The fourth-order valence-corrected chi connectivity index (χ4v) is 4.13. The number of carbonyl (C=O) groups excluding carboxylic acids is 1. The molecule has 0 aliphatic heterocycles. The fraction of sp³-hybridized carbons (Fsp3) is 0.529. The van der Waals surface area contributed by atoms with Crippen LogP contribution in [-0.2, 0) is 21.3 Å². The first-order valence-electron chi connectivity index (χ1n) is 8.60. The van der Waals surface area contributed by atoms with E-state index >= 15 is 0 Å². The zero-order valence-corrected chi connectivity index (χ0v) is 15.1. The zero-order chi connectivity index (χ0) is 17.6. The van der Waals surface area contributed by atoms with Crippen LogP contribution >= 0.6 is 0 Å². The Balaban J connectivity index is 1.56. The summed E-state index contributed by atoms with van der Waals surface area (Å²) in [5, 5.41) is 14.6. The Morgan fingerprint density at radius 1 is 1.28 bits per heavy atom. The smallest absolute Gasteiger partial charge is 0.232 e. The van der Waals surface area contributed by atoms with E-state index in [1.54, 1.807) is 4.68 Å². The molecule has 0 spiro atoms. The maximum absolute atomic E-state index is 12.4. The minimum atomic E-state index is -1.35. The second-order valence-corrected chi connectivity index (χ2v) is 7.96. The van der Waals surface area contributed by atoms with Crippen molar-refractivity contribution < 1.29 is 9.00 Å². The number of para-hydroxylation sites is 1. The minimum absolute atomic E-state index is 0.0229. The molecular weight excluding hydrogens is 338 g/mol. The molecule has 0 bridgehead atoms. The maximum Gasteiger partial charge on any atom is 0.232 e. The van der Waals surface area contributed by atoms with E-state index in [2.05, 4.69) is 27.8 Å². The van der Waals surface area contributed by atoms with Gasteiger partial charge in [-0.05, 0) is 41.3 Å². The third-order valence-electron chi connectivity index (χ3n) is 4.57. The van der Waals surface area contributed by atoms with Crippen molar-refractivity contribution in [1.82, 2.24) is 25.5 Å². The van der Waals surface area contributed by atoms with Crippen LogP contribution in [-0.4, -0.2) is 42.1 Å². The molecule has 0 radical (unpaired) electrons. The number of carbonyl (C=O) groups is 1. The number of nitrogens with one attached hydrogen (secondary N) is 1. The van der Waals surface area contributed by atoms with Gasteiger partial charge in [0.15, 0.2) is 5.82 Å². The zero-order valence-electron chi connectivity index (χ0n) is 14.3. The van der Waals surface area contributed by atoms with Gasteiger partial charge in [-0.25, -0.2) is 0 Å². The van der Waals surface area contributed by atoms with E-state index in [0.717, 1.165) is 24.9 Å². The molecule has 1 aromatic carbocycles. The Morgan fingerprint density at radius 2 is 2.04 bits per heavy atom. The summed E-state index contributed by atoms with van der Waals surface area (Å²) in [6.07, 6.45) is 4.51. The van der Waals surface area contributed by atoms with Crippen LogP contribution in [0.4, 0.5) is 0 Å². The van der Waals surface area contributed by atoms with Crippen LogP contribution in [0.5, 0.6) is 0 Å². The third-order valence-corrected chi connectivity index (χ3v) is 5.74. The van der Waals surface area contributed by atoms with Crippen molar-refractivity contribution in [2.24, 2.45) is 5.92 Å². The normalized spacial score (nSPS) is 21.6. The van der Waals surface area contributed by atoms with Crippen molar-refractivity contribution in [3.8, 4) is 5.69 Å². The van der Waals surface area contributed by atoms with E-state index in [0.29, 0.717) is 11.7 Å². The highest BCUT2D eigenvalue weighted by atomic mass is 32.2. The van der Waals surface area contributed by atoms with Crippen LogP contribution in [0.3, 0.4) is 0 Å². The van der Waals surface area contributed by atoms with E-state index in [1.807, 2.05) is 30.3 Å². The van der Waals surface area contributed by atoms with Gasteiger partial charge in [0.1, 0.15) is 5.75 Å². The second-order valence-electron chi connectivity index (χ2n) is 6.51. The maximum atomic E-state index is 12.4. The van der Waals surface area contributed by atoms with Crippen molar-refractivity contribution in [3.05, 3.63) is 36.2 Å². The average molecular weight is 361 g/mol. The lowest BCUT2D eigenvalue weighted by molar-refractivity contribution is -0.119. The first-order chi connectivity index (χ1) is 12.1. The second kappa shape index (κ2) is 8.33. The summed E-state index contributed by atoms with van der Waals surface area (Å²) in [5.41, 5.74) is 0.806. The van der Waals surface area contributed by atoms with E-state index in [-0.39, 0.29) is 23.5 Å². The topological polar surface area (TPSA) is 89.8 Å². The number of benzene rings is 1. The average Bonchev–Trinajstić information content (AvgIpc) is 3.05. The van der Waals surface area contributed by atoms with E-state index in [4.69, 9.17) is 0 Å². The Morgan fingerprint density at radius 3 is 2.80 bits per heavy atom. The first kappa shape index (κ1) is 17.7. The molecule has 7 nitrogen and oxygen atoms in total. The molecule has 1 N–H and O–H groups in total. The van der Waals surface area contributed by atoms with Crippen LogP contribution in [0.15, 0.2) is 30.3 Å². The largest absolute Gasteiger partial charge is 0.352 e. The molecule has 1 aromatic heterocycles. The van der Waals surface area contributed by atoms with Crippen molar-refractivity contribution in [3.63, 3.8) is 0 Å². The monoisotopic (exact) mass is 361 g/mol. The molecule has 1 saturated carbocycles. The summed E-state index contributed by atoms with van der Waals surface area (Å²) in [6, 6.07) is 9.63. The highest BCUT2D eigenvalue weighted by Gasteiger charge is 2.23. The van der Waals surface area contributed by atoms with Crippen molar-refractivity contribution in [1.29, 1.82) is 0 Å². The number of hydrogen-bond donors (Lipinski definition) is 1. The predicted octanol–water partition coefficient (Wildman–Crippen LogP) is 1.61. The van der Waals surface area contributed by atoms with Gasteiger partial charge in [0.25, 0.3) is 0 Å². The summed E-state index contributed by atoms with van der Waals surface area (Å²) in [6.45, 7) is 2.16. The Hall–Kier alpha value is -2.09. The SMILES string of the molecule is C[C@@H]1CCCC[C@H]1NC(=O)C[S@@](=O)Cc1nnnn1-c1ccccc1. The molecule has 134 valence electrons. The lowest BCUT2D eigenvalue weighted by atomic mass is 9.86. The number of hydrogen-bond acceptors (Lipinski definition) is 5. The third kappa shape index (κ3) is 4.72. The Labute approximate surface area is 149 Å². The van der Waals surface area contributed by atoms with Gasteiger partial charge in [-0.15, -0.1) is 5.10 Å². The molecule has 3 atom stereocenters. The summed E-state index contributed by atoms with van der Waals surface area (Å²) < 4.78 is 13.9. The van der Waals surface area contributed by atoms with Gasteiger partial charge in [-0.2, -0.15) is 4.68 Å². The van der Waals surface area contributed by atoms with Gasteiger partial charge in [0, 0.05) is 16.8 Å². The quantitative estimate of drug-likeness (QED) is 0.844. The molecule has 0 saturated heterocycles. The van der Waals surface area contributed by atoms with Gasteiger partial charge in [0.05, 0.1) is 11.4 Å². The molecule has 0 unspecified atom stereocenters. The van der Waals surface area contributed by atoms with Crippen LogP contribution in [0.1, 0.15) is 38.4 Å². The molecule has 3 rings (SSSR count). The van der Waals surface area contributed by atoms with Crippen molar-refractivity contribution in [2.45, 2.75) is 44.4 Å². The summed E-state index contributed by atoms with van der Waals surface area (Å²) in [5.74, 6) is 0.941. The van der Waals surface area contributed by atoms with Crippen LogP contribution in [0.2, 0.25) is 0 Å². The van der Waals surface area contributed by atoms with Crippen molar-refractivity contribution >= 4 is 16.7 Å². The predicted molar refractivity (Wildman–Crippen MR) is 95.4 cm³/mol. The Kier molecular flexibility index (Phi) is 5.91. The van der Waals surface area contributed by atoms with Crippen LogP contribution in [0.25, 0.3) is 5.69 Å². The summed E-state index contributed by atoms with van der Waals surface area (Å²) in [4.78, 5) is 12.2. The number of tetrazole rings is 1. The van der Waals surface area contributed by atoms with Crippen LogP contribution < -0.4 is 5.32 Å². The molecule has 1 aliphatic rings. The van der Waals surface area contributed by atoms with Gasteiger partial charge in [0.2, 0.25) is 5.91 Å². The lowest BCUT2D eigenvalue weighted by Crippen LogP contribution is -2.43. The molecule has 1 aliphatic carbocycles. The molecular formula is C17H23N5O2S. The molecule has 1 fully saturated rings.